The highest BCUT2D eigenvalue weighted by molar-refractivity contribution is 6.17. The van der Waals surface area contributed by atoms with E-state index in [4.69, 9.17) is 9.40 Å². The van der Waals surface area contributed by atoms with Crippen molar-refractivity contribution in [3.05, 3.63) is 157 Å². The first kappa shape index (κ1) is 34.6. The summed E-state index contributed by atoms with van der Waals surface area (Å²) in [6.07, 6.45) is 0. The summed E-state index contributed by atoms with van der Waals surface area (Å²) in [5, 5.41) is 9.69. The van der Waals surface area contributed by atoms with Gasteiger partial charge in [-0.05, 0) is 124 Å². The summed E-state index contributed by atoms with van der Waals surface area (Å²) < 4.78 is 11.9. The SMILES string of the molecule is CC(C)c1cc(-c2ccc3c4ccccc4n(C(C)C)c3c2)cc(C(C)C)c1-n1c(-c2cccc3c2oc2cc4c(ccc5ccccc54)cc23)nc2ccccc21. The van der Waals surface area contributed by atoms with Gasteiger partial charge in [-0.15, -0.1) is 0 Å². The van der Waals surface area contributed by atoms with E-state index < -0.39 is 0 Å². The lowest BCUT2D eigenvalue weighted by Gasteiger charge is -2.24. The second-order valence-electron chi connectivity index (χ2n) is 16.9. The van der Waals surface area contributed by atoms with Crippen molar-refractivity contribution < 1.29 is 4.42 Å². The maximum atomic E-state index is 6.94. The Balaban J connectivity index is 1.16. The van der Waals surface area contributed by atoms with E-state index in [1.807, 2.05) is 0 Å². The van der Waals surface area contributed by atoms with E-state index in [1.165, 1.54) is 71.3 Å². The first-order valence-electron chi connectivity index (χ1n) is 20.7. The number of rotatable bonds is 6. The molecule has 282 valence electrons. The number of imidazole rings is 1. The third-order valence-electron chi connectivity index (χ3n) is 12.4. The minimum absolute atomic E-state index is 0.247. The Morgan fingerprint density at radius 1 is 0.483 bits per heavy atom. The molecule has 0 atom stereocenters. The minimum atomic E-state index is 0.247. The predicted octanol–water partition coefficient (Wildman–Crippen LogP) is 15.5. The van der Waals surface area contributed by atoms with Gasteiger partial charge < -0.3 is 8.98 Å². The molecule has 0 fully saturated rings. The molecule has 0 aliphatic heterocycles. The number of hydrogen-bond acceptors (Lipinski definition) is 2. The van der Waals surface area contributed by atoms with Gasteiger partial charge in [0.15, 0.2) is 0 Å². The fraction of sp³-hybridized carbons (Fsp3) is 0.167. The summed E-state index contributed by atoms with van der Waals surface area (Å²) in [7, 11) is 0. The van der Waals surface area contributed by atoms with E-state index in [0.717, 1.165) is 44.4 Å². The van der Waals surface area contributed by atoms with E-state index in [1.54, 1.807) is 0 Å². The largest absolute Gasteiger partial charge is 0.455 e. The van der Waals surface area contributed by atoms with Crippen LogP contribution in [0, 0.1) is 0 Å². The van der Waals surface area contributed by atoms with Crippen LogP contribution >= 0.6 is 0 Å². The van der Waals surface area contributed by atoms with Crippen LogP contribution < -0.4 is 0 Å². The third kappa shape index (κ3) is 5.10. The zero-order valence-corrected chi connectivity index (χ0v) is 33.8. The Morgan fingerprint density at radius 2 is 1.16 bits per heavy atom. The van der Waals surface area contributed by atoms with Gasteiger partial charge in [-0.1, -0.05) is 119 Å². The third-order valence-corrected chi connectivity index (χ3v) is 12.4. The maximum absolute atomic E-state index is 6.94. The van der Waals surface area contributed by atoms with Crippen molar-refractivity contribution in [1.29, 1.82) is 0 Å². The quantitative estimate of drug-likeness (QED) is 0.159. The topological polar surface area (TPSA) is 35.9 Å². The zero-order chi connectivity index (χ0) is 39.4. The highest BCUT2D eigenvalue weighted by Gasteiger charge is 2.26. The fourth-order valence-corrected chi connectivity index (χ4v) is 9.63. The van der Waals surface area contributed by atoms with Gasteiger partial charge in [-0.3, -0.25) is 4.57 Å². The van der Waals surface area contributed by atoms with Crippen molar-refractivity contribution in [2.45, 2.75) is 59.4 Å². The molecule has 0 aliphatic carbocycles. The Hall–Kier alpha value is -6.65. The number of aromatic nitrogens is 3. The van der Waals surface area contributed by atoms with Crippen LogP contribution in [-0.2, 0) is 0 Å². The summed E-state index contributed by atoms with van der Waals surface area (Å²) in [6.45, 7) is 13.8. The predicted molar refractivity (Wildman–Crippen MR) is 246 cm³/mol. The van der Waals surface area contributed by atoms with Crippen LogP contribution in [0.1, 0.15) is 70.5 Å². The molecule has 0 radical (unpaired) electrons. The molecule has 11 rings (SSSR count). The van der Waals surface area contributed by atoms with Crippen LogP contribution in [0.25, 0.3) is 105 Å². The maximum Gasteiger partial charge on any atom is 0.149 e. The van der Waals surface area contributed by atoms with E-state index >= 15 is 0 Å². The molecule has 0 saturated carbocycles. The van der Waals surface area contributed by atoms with Crippen LogP contribution in [0.4, 0.5) is 0 Å². The first-order chi connectivity index (χ1) is 28.2. The number of benzene rings is 8. The van der Waals surface area contributed by atoms with Crippen molar-refractivity contribution in [3.63, 3.8) is 0 Å². The van der Waals surface area contributed by atoms with Gasteiger partial charge in [0.2, 0.25) is 0 Å². The van der Waals surface area contributed by atoms with Crippen LogP contribution in [0.15, 0.2) is 150 Å². The van der Waals surface area contributed by atoms with Gasteiger partial charge >= 0.3 is 0 Å². The van der Waals surface area contributed by atoms with E-state index in [-0.39, 0.29) is 11.8 Å². The first-order valence-corrected chi connectivity index (χ1v) is 20.7. The van der Waals surface area contributed by atoms with E-state index in [0.29, 0.717) is 6.04 Å². The Bertz CT molecular complexity index is 3410. The molecule has 0 spiro atoms. The minimum Gasteiger partial charge on any atom is -0.455 e. The Labute approximate surface area is 338 Å². The highest BCUT2D eigenvalue weighted by atomic mass is 16.3. The van der Waals surface area contributed by atoms with Crippen LogP contribution in [0.5, 0.6) is 0 Å². The molecular weight excluding hydrogens is 707 g/mol. The lowest BCUT2D eigenvalue weighted by Crippen LogP contribution is -2.09. The number of para-hydroxylation sites is 4. The monoisotopic (exact) mass is 751 g/mol. The van der Waals surface area contributed by atoms with Crippen LogP contribution in [0.2, 0.25) is 0 Å². The van der Waals surface area contributed by atoms with Gasteiger partial charge in [-0.2, -0.15) is 0 Å². The molecular formula is C54H45N3O. The van der Waals surface area contributed by atoms with Gasteiger partial charge in [0.05, 0.1) is 22.3 Å². The molecule has 0 amide bonds. The molecule has 4 nitrogen and oxygen atoms in total. The lowest BCUT2D eigenvalue weighted by atomic mass is 9.88. The molecule has 4 heteroatoms. The molecule has 11 aromatic rings. The second-order valence-corrected chi connectivity index (χ2v) is 16.9. The number of hydrogen-bond donors (Lipinski definition) is 0. The van der Waals surface area contributed by atoms with Crippen LogP contribution in [-0.4, -0.2) is 14.1 Å². The van der Waals surface area contributed by atoms with Gasteiger partial charge in [0.1, 0.15) is 17.0 Å². The molecule has 0 bridgehead atoms. The Kier molecular flexibility index (Phi) is 7.72. The van der Waals surface area contributed by atoms with Crippen molar-refractivity contribution in [1.82, 2.24) is 14.1 Å². The van der Waals surface area contributed by atoms with Crippen molar-refractivity contribution in [2.75, 3.05) is 0 Å². The van der Waals surface area contributed by atoms with Crippen molar-refractivity contribution in [3.8, 4) is 28.2 Å². The zero-order valence-electron chi connectivity index (χ0n) is 33.8. The molecule has 58 heavy (non-hydrogen) atoms. The molecule has 0 N–H and O–H groups in total. The van der Waals surface area contributed by atoms with Gasteiger partial charge in [0, 0.05) is 38.6 Å². The Morgan fingerprint density at radius 3 is 1.93 bits per heavy atom. The van der Waals surface area contributed by atoms with E-state index in [9.17, 15) is 0 Å². The smallest absolute Gasteiger partial charge is 0.149 e. The average Bonchev–Trinajstić information content (AvgIpc) is 3.91. The molecule has 0 unspecified atom stereocenters. The molecule has 3 heterocycles. The van der Waals surface area contributed by atoms with E-state index in [2.05, 4.69) is 196 Å². The van der Waals surface area contributed by atoms with Gasteiger partial charge in [-0.25, -0.2) is 4.98 Å². The lowest BCUT2D eigenvalue weighted by molar-refractivity contribution is 0.642. The van der Waals surface area contributed by atoms with Crippen molar-refractivity contribution in [2.24, 2.45) is 0 Å². The highest BCUT2D eigenvalue weighted by Crippen LogP contribution is 2.44. The summed E-state index contributed by atoms with van der Waals surface area (Å²) in [6, 6.07) is 53.7. The second kappa shape index (κ2) is 12.9. The average molecular weight is 752 g/mol. The van der Waals surface area contributed by atoms with Crippen molar-refractivity contribution >= 4 is 76.3 Å². The molecule has 0 saturated heterocycles. The van der Waals surface area contributed by atoms with Gasteiger partial charge in [0.25, 0.3) is 0 Å². The number of furan rings is 1. The summed E-state index contributed by atoms with van der Waals surface area (Å²) in [5.74, 6) is 1.38. The molecule has 8 aromatic carbocycles. The summed E-state index contributed by atoms with van der Waals surface area (Å²) in [5.41, 5.74) is 13.6. The summed E-state index contributed by atoms with van der Waals surface area (Å²) in [4.78, 5) is 5.44. The summed E-state index contributed by atoms with van der Waals surface area (Å²) >= 11 is 0. The molecule has 0 aliphatic rings. The number of fused-ring (bicyclic) bond motifs is 10. The fourth-order valence-electron chi connectivity index (χ4n) is 9.63. The normalized spacial score (nSPS) is 12.4. The molecule has 3 aromatic heterocycles. The number of nitrogens with zero attached hydrogens (tertiary/aromatic N) is 3. The standard InChI is InChI=1S/C54H45N3O/c1-31(2)43-27-37(35-24-25-40-39-16-9-11-20-48(39)56(33(5)6)50(40)29-35)28-44(32(3)4)52(43)57-49-21-12-10-19-47(49)55-54(57)42-18-13-17-41-46-26-36-23-22-34-14-7-8-15-38(34)45(36)30-51(46)58-53(41)42/h7-33H,1-6H3. The van der Waals surface area contributed by atoms with Crippen LogP contribution in [0.3, 0.4) is 0 Å².